The molecule has 1 unspecified atom stereocenters. The molecule has 2 aliphatic rings. The molecule has 92 valence electrons. The SMILES string of the molecule is CC(C)Nc1cccn(C2[C@H]3COC[C@@H]23)c1=O. The Morgan fingerprint density at radius 1 is 1.41 bits per heavy atom. The molecule has 3 atom stereocenters. The molecule has 2 heterocycles. The maximum absolute atomic E-state index is 12.3. The number of fused-ring (bicyclic) bond motifs is 1. The highest BCUT2D eigenvalue weighted by Crippen LogP contribution is 2.53. The van der Waals surface area contributed by atoms with Gasteiger partial charge >= 0.3 is 0 Å². The molecule has 3 rings (SSSR count). The molecule has 4 heteroatoms. The lowest BCUT2D eigenvalue weighted by molar-refractivity contribution is 0.151. The number of anilines is 1. The quantitative estimate of drug-likeness (QED) is 0.861. The first kappa shape index (κ1) is 10.8. The van der Waals surface area contributed by atoms with Crippen molar-refractivity contribution < 1.29 is 4.74 Å². The Morgan fingerprint density at radius 2 is 2.12 bits per heavy atom. The smallest absolute Gasteiger partial charge is 0.274 e. The van der Waals surface area contributed by atoms with Crippen molar-refractivity contribution in [2.45, 2.75) is 25.9 Å². The predicted molar refractivity (Wildman–Crippen MR) is 66.3 cm³/mol. The molecule has 0 radical (unpaired) electrons. The van der Waals surface area contributed by atoms with Crippen LogP contribution in [-0.2, 0) is 4.74 Å². The minimum absolute atomic E-state index is 0.0978. The lowest BCUT2D eigenvalue weighted by atomic mass is 10.3. The van der Waals surface area contributed by atoms with Crippen LogP contribution in [0.3, 0.4) is 0 Å². The highest BCUT2D eigenvalue weighted by Gasteiger charge is 2.55. The Balaban J connectivity index is 1.88. The van der Waals surface area contributed by atoms with Crippen molar-refractivity contribution in [1.82, 2.24) is 4.57 Å². The Morgan fingerprint density at radius 3 is 2.76 bits per heavy atom. The normalized spacial score (nSPS) is 30.4. The number of pyridine rings is 1. The summed E-state index contributed by atoms with van der Waals surface area (Å²) in [6, 6.07) is 4.44. The number of ether oxygens (including phenoxy) is 1. The maximum Gasteiger partial charge on any atom is 0.274 e. The number of nitrogens with zero attached hydrogens (tertiary/aromatic N) is 1. The van der Waals surface area contributed by atoms with E-state index in [2.05, 4.69) is 5.32 Å². The van der Waals surface area contributed by atoms with Crippen molar-refractivity contribution in [2.75, 3.05) is 18.5 Å². The third-order valence-corrected chi connectivity index (χ3v) is 3.65. The first-order valence-corrected chi connectivity index (χ1v) is 6.24. The summed E-state index contributed by atoms with van der Waals surface area (Å²) in [6.07, 6.45) is 1.90. The summed E-state index contributed by atoms with van der Waals surface area (Å²) < 4.78 is 7.24. The molecule has 1 saturated heterocycles. The van der Waals surface area contributed by atoms with E-state index in [0.717, 1.165) is 13.2 Å². The van der Waals surface area contributed by atoms with Crippen LogP contribution in [0.25, 0.3) is 0 Å². The van der Waals surface area contributed by atoms with E-state index in [0.29, 0.717) is 23.6 Å². The van der Waals surface area contributed by atoms with Crippen LogP contribution in [0.4, 0.5) is 5.69 Å². The van der Waals surface area contributed by atoms with Gasteiger partial charge in [0.1, 0.15) is 5.69 Å². The van der Waals surface area contributed by atoms with Gasteiger partial charge in [0.15, 0.2) is 0 Å². The van der Waals surface area contributed by atoms with Crippen LogP contribution in [0.15, 0.2) is 23.1 Å². The van der Waals surface area contributed by atoms with Gasteiger partial charge in [-0.15, -0.1) is 0 Å². The number of rotatable bonds is 3. The Kier molecular flexibility index (Phi) is 2.47. The van der Waals surface area contributed by atoms with Crippen LogP contribution >= 0.6 is 0 Å². The van der Waals surface area contributed by atoms with E-state index in [-0.39, 0.29) is 11.6 Å². The van der Waals surface area contributed by atoms with Gasteiger partial charge in [0, 0.05) is 30.1 Å². The number of hydrogen-bond acceptors (Lipinski definition) is 3. The van der Waals surface area contributed by atoms with Crippen LogP contribution in [0.5, 0.6) is 0 Å². The molecule has 0 bridgehead atoms. The van der Waals surface area contributed by atoms with Crippen LogP contribution in [0, 0.1) is 11.8 Å². The Bertz CT molecular complexity index is 471. The summed E-state index contributed by atoms with van der Waals surface area (Å²) >= 11 is 0. The molecule has 0 amide bonds. The monoisotopic (exact) mass is 234 g/mol. The summed E-state index contributed by atoms with van der Waals surface area (Å²) in [7, 11) is 0. The van der Waals surface area contributed by atoms with Crippen LogP contribution in [-0.4, -0.2) is 23.8 Å². The molecule has 1 aromatic rings. The van der Waals surface area contributed by atoms with E-state index in [1.54, 1.807) is 0 Å². The van der Waals surface area contributed by atoms with E-state index < -0.39 is 0 Å². The molecule has 0 spiro atoms. The first-order chi connectivity index (χ1) is 8.18. The number of nitrogens with one attached hydrogen (secondary N) is 1. The molecule has 4 nitrogen and oxygen atoms in total. The van der Waals surface area contributed by atoms with Gasteiger partial charge in [-0.05, 0) is 26.0 Å². The highest BCUT2D eigenvalue weighted by molar-refractivity contribution is 5.41. The first-order valence-electron chi connectivity index (χ1n) is 6.24. The van der Waals surface area contributed by atoms with Crippen molar-refractivity contribution in [3.8, 4) is 0 Å². The molecule has 1 N–H and O–H groups in total. The second-order valence-corrected chi connectivity index (χ2v) is 5.29. The molecule has 17 heavy (non-hydrogen) atoms. The van der Waals surface area contributed by atoms with E-state index in [4.69, 9.17) is 4.74 Å². The van der Waals surface area contributed by atoms with Gasteiger partial charge in [-0.25, -0.2) is 0 Å². The van der Waals surface area contributed by atoms with Crippen molar-refractivity contribution in [3.05, 3.63) is 28.7 Å². The van der Waals surface area contributed by atoms with Crippen molar-refractivity contribution in [2.24, 2.45) is 11.8 Å². The summed E-state index contributed by atoms with van der Waals surface area (Å²) in [6.45, 7) is 5.69. The fourth-order valence-electron chi connectivity index (χ4n) is 2.79. The topological polar surface area (TPSA) is 43.3 Å². The van der Waals surface area contributed by atoms with Crippen molar-refractivity contribution in [1.29, 1.82) is 0 Å². The zero-order chi connectivity index (χ0) is 12.0. The number of aromatic nitrogens is 1. The van der Waals surface area contributed by atoms with Crippen LogP contribution < -0.4 is 10.9 Å². The molecular formula is C13H18N2O2. The second-order valence-electron chi connectivity index (χ2n) is 5.29. The zero-order valence-corrected chi connectivity index (χ0v) is 10.2. The average Bonchev–Trinajstić information content (AvgIpc) is 2.75. The highest BCUT2D eigenvalue weighted by atomic mass is 16.5. The van der Waals surface area contributed by atoms with Gasteiger partial charge in [-0.2, -0.15) is 0 Å². The summed E-state index contributed by atoms with van der Waals surface area (Å²) in [5.74, 6) is 1.11. The van der Waals surface area contributed by atoms with Gasteiger partial charge in [-0.1, -0.05) is 0 Å². The van der Waals surface area contributed by atoms with Crippen molar-refractivity contribution >= 4 is 5.69 Å². The molecular weight excluding hydrogens is 216 g/mol. The summed E-state index contributed by atoms with van der Waals surface area (Å²) in [5, 5.41) is 3.20. The minimum atomic E-state index is 0.0978. The van der Waals surface area contributed by atoms with E-state index >= 15 is 0 Å². The van der Waals surface area contributed by atoms with Gasteiger partial charge in [-0.3, -0.25) is 4.79 Å². The minimum Gasteiger partial charge on any atom is -0.381 e. The molecule has 2 fully saturated rings. The third-order valence-electron chi connectivity index (χ3n) is 3.65. The van der Waals surface area contributed by atoms with Gasteiger partial charge in [0.05, 0.1) is 13.2 Å². The lowest BCUT2D eigenvalue weighted by Crippen LogP contribution is -2.26. The molecule has 1 aliphatic heterocycles. The second kappa shape index (κ2) is 3.88. The van der Waals surface area contributed by atoms with Crippen molar-refractivity contribution in [3.63, 3.8) is 0 Å². The predicted octanol–water partition coefficient (Wildman–Crippen LogP) is 1.49. The van der Waals surface area contributed by atoms with E-state index in [9.17, 15) is 4.79 Å². The molecule has 1 aromatic heterocycles. The maximum atomic E-state index is 12.3. The van der Waals surface area contributed by atoms with Gasteiger partial charge in [0.25, 0.3) is 5.56 Å². The van der Waals surface area contributed by atoms with Crippen LogP contribution in [0.1, 0.15) is 19.9 Å². The third kappa shape index (κ3) is 1.76. The number of hydrogen-bond donors (Lipinski definition) is 1. The fraction of sp³-hybridized carbons (Fsp3) is 0.615. The van der Waals surface area contributed by atoms with Gasteiger partial charge < -0.3 is 14.6 Å². The summed E-state index contributed by atoms with van der Waals surface area (Å²) in [4.78, 5) is 12.3. The lowest BCUT2D eigenvalue weighted by Gasteiger charge is -2.13. The molecule has 1 aliphatic carbocycles. The van der Waals surface area contributed by atoms with Crippen LogP contribution in [0.2, 0.25) is 0 Å². The van der Waals surface area contributed by atoms with Gasteiger partial charge in [0.2, 0.25) is 0 Å². The zero-order valence-electron chi connectivity index (χ0n) is 10.2. The standard InChI is InChI=1S/C13H18N2O2/c1-8(2)14-11-4-3-5-15(13(11)16)12-9-6-17-7-10(9)12/h3-5,8-10,12,14H,6-7H2,1-2H3/t9-,10+,12?. The van der Waals surface area contributed by atoms with E-state index in [1.165, 1.54) is 0 Å². The Labute approximate surface area is 101 Å². The molecule has 0 aromatic carbocycles. The Hall–Kier alpha value is -1.29. The largest absolute Gasteiger partial charge is 0.381 e. The molecule has 1 saturated carbocycles. The average molecular weight is 234 g/mol. The fourth-order valence-corrected chi connectivity index (χ4v) is 2.79. The van der Waals surface area contributed by atoms with E-state index in [1.807, 2.05) is 36.7 Å². The summed E-state index contributed by atoms with van der Waals surface area (Å²) in [5.41, 5.74) is 0.800.